The van der Waals surface area contributed by atoms with Crippen LogP contribution >= 0.6 is 0 Å². The molecular formula is C17H11NO6. The lowest BCUT2D eigenvalue weighted by atomic mass is 9.98. The van der Waals surface area contributed by atoms with Gasteiger partial charge in [0.15, 0.2) is 0 Å². The Kier molecular flexibility index (Phi) is 3.83. The number of hydrogen-bond acceptors (Lipinski definition) is 5. The smallest absolute Gasteiger partial charge is 0.347 e. The van der Waals surface area contributed by atoms with Gasteiger partial charge >= 0.3 is 17.9 Å². The van der Waals surface area contributed by atoms with Crippen LogP contribution in [0.5, 0.6) is 0 Å². The lowest BCUT2D eigenvalue weighted by Crippen LogP contribution is -2.25. The van der Waals surface area contributed by atoms with Crippen LogP contribution in [0.15, 0.2) is 42.5 Å². The van der Waals surface area contributed by atoms with Gasteiger partial charge in [0.2, 0.25) is 0 Å². The number of carboxylic acid groups (broad SMARTS) is 1. The van der Waals surface area contributed by atoms with E-state index >= 15 is 0 Å². The van der Waals surface area contributed by atoms with E-state index in [1.165, 1.54) is 0 Å². The molecule has 0 saturated heterocycles. The highest BCUT2D eigenvalue weighted by molar-refractivity contribution is 6.20. The molecule has 3 rings (SSSR count). The monoisotopic (exact) mass is 325 g/mol. The van der Waals surface area contributed by atoms with Crippen molar-refractivity contribution in [2.45, 2.75) is 6.54 Å². The maximum atomic E-state index is 12.4. The second kappa shape index (κ2) is 5.96. The fourth-order valence-corrected chi connectivity index (χ4v) is 2.39. The standard InChI is InChI=1S/C17H11NO6/c19-14(18-8-9-4-2-1-3-5-9)11-6-10(15(20)21)7-12-13(11)17(23)24-16(12)22/h1-7H,8H2,(H,18,19)(H,20,21). The lowest BCUT2D eigenvalue weighted by molar-refractivity contribution is 0.0441. The van der Waals surface area contributed by atoms with Crippen molar-refractivity contribution in [1.82, 2.24) is 5.32 Å². The summed E-state index contributed by atoms with van der Waals surface area (Å²) >= 11 is 0. The Morgan fingerprint density at radius 3 is 2.42 bits per heavy atom. The number of esters is 2. The molecule has 0 radical (unpaired) electrons. The second-order valence-electron chi connectivity index (χ2n) is 5.10. The minimum absolute atomic E-state index is 0.189. The van der Waals surface area contributed by atoms with Crippen molar-refractivity contribution in [2.24, 2.45) is 0 Å². The summed E-state index contributed by atoms with van der Waals surface area (Å²) in [7, 11) is 0. The molecule has 7 heteroatoms. The normalized spacial score (nSPS) is 12.5. The summed E-state index contributed by atoms with van der Waals surface area (Å²) in [5, 5.41) is 11.7. The zero-order valence-corrected chi connectivity index (χ0v) is 12.2. The Morgan fingerprint density at radius 2 is 1.75 bits per heavy atom. The largest absolute Gasteiger partial charge is 0.478 e. The predicted molar refractivity (Wildman–Crippen MR) is 80.8 cm³/mol. The number of aromatic carboxylic acids is 1. The highest BCUT2D eigenvalue weighted by atomic mass is 16.6. The van der Waals surface area contributed by atoms with Crippen LogP contribution in [0, 0.1) is 0 Å². The van der Waals surface area contributed by atoms with Gasteiger partial charge in [0.25, 0.3) is 5.91 Å². The molecule has 7 nitrogen and oxygen atoms in total. The Balaban J connectivity index is 1.96. The van der Waals surface area contributed by atoms with Crippen molar-refractivity contribution in [2.75, 3.05) is 0 Å². The Labute approximate surface area is 135 Å². The van der Waals surface area contributed by atoms with Gasteiger partial charge in [-0.1, -0.05) is 30.3 Å². The van der Waals surface area contributed by atoms with Crippen LogP contribution < -0.4 is 5.32 Å². The average Bonchev–Trinajstić information content (AvgIpc) is 2.87. The zero-order chi connectivity index (χ0) is 17.3. The molecule has 1 aliphatic rings. The average molecular weight is 325 g/mol. The van der Waals surface area contributed by atoms with Crippen molar-refractivity contribution >= 4 is 23.8 Å². The Morgan fingerprint density at radius 1 is 1.04 bits per heavy atom. The van der Waals surface area contributed by atoms with Gasteiger partial charge in [-0.25, -0.2) is 14.4 Å². The van der Waals surface area contributed by atoms with Gasteiger partial charge in [0, 0.05) is 6.54 Å². The molecule has 2 aromatic carbocycles. The van der Waals surface area contributed by atoms with E-state index in [2.05, 4.69) is 10.1 Å². The summed E-state index contributed by atoms with van der Waals surface area (Å²) in [6.07, 6.45) is 0. The van der Waals surface area contributed by atoms with E-state index in [4.69, 9.17) is 5.11 Å². The molecule has 0 bridgehead atoms. The Bertz CT molecular complexity index is 872. The molecule has 0 spiro atoms. The van der Waals surface area contributed by atoms with E-state index < -0.39 is 23.8 Å². The summed E-state index contributed by atoms with van der Waals surface area (Å²) in [6.45, 7) is 0.189. The maximum Gasteiger partial charge on any atom is 0.347 e. The van der Waals surface area contributed by atoms with E-state index in [0.717, 1.165) is 17.7 Å². The van der Waals surface area contributed by atoms with Crippen molar-refractivity contribution in [1.29, 1.82) is 0 Å². The van der Waals surface area contributed by atoms with Gasteiger partial charge in [0.1, 0.15) is 0 Å². The molecule has 120 valence electrons. The number of carboxylic acids is 1. The summed E-state index contributed by atoms with van der Waals surface area (Å²) < 4.78 is 4.47. The molecule has 0 unspecified atom stereocenters. The van der Waals surface area contributed by atoms with Crippen LogP contribution in [0.2, 0.25) is 0 Å². The van der Waals surface area contributed by atoms with Crippen molar-refractivity contribution in [3.63, 3.8) is 0 Å². The molecule has 1 heterocycles. The zero-order valence-electron chi connectivity index (χ0n) is 12.2. The van der Waals surface area contributed by atoms with E-state index in [-0.39, 0.29) is 28.8 Å². The van der Waals surface area contributed by atoms with E-state index in [1.807, 2.05) is 6.07 Å². The van der Waals surface area contributed by atoms with E-state index in [0.29, 0.717) is 0 Å². The number of amides is 1. The summed E-state index contributed by atoms with van der Waals surface area (Å²) in [5.41, 5.74) is -0.0715. The number of benzene rings is 2. The first-order valence-electron chi connectivity index (χ1n) is 6.97. The molecule has 2 aromatic rings. The van der Waals surface area contributed by atoms with Gasteiger partial charge in [-0.2, -0.15) is 0 Å². The third-order valence-electron chi connectivity index (χ3n) is 3.54. The third kappa shape index (κ3) is 2.74. The molecule has 0 atom stereocenters. The summed E-state index contributed by atoms with van der Waals surface area (Å²) in [5.74, 6) is -3.90. The fourth-order valence-electron chi connectivity index (χ4n) is 2.39. The lowest BCUT2D eigenvalue weighted by Gasteiger charge is -2.08. The molecule has 24 heavy (non-hydrogen) atoms. The number of carbonyl (C=O) groups excluding carboxylic acids is 3. The molecule has 2 N–H and O–H groups in total. The number of ether oxygens (including phenoxy) is 1. The predicted octanol–water partition coefficient (Wildman–Crippen LogP) is 1.63. The van der Waals surface area contributed by atoms with Crippen LogP contribution in [-0.4, -0.2) is 28.9 Å². The summed E-state index contributed by atoms with van der Waals surface area (Å²) in [4.78, 5) is 47.0. The van der Waals surface area contributed by atoms with Crippen LogP contribution in [0.4, 0.5) is 0 Å². The number of cyclic esters (lactones) is 2. The van der Waals surface area contributed by atoms with E-state index in [1.54, 1.807) is 24.3 Å². The fraction of sp³-hybridized carbons (Fsp3) is 0.0588. The number of nitrogens with one attached hydrogen (secondary N) is 1. The van der Waals surface area contributed by atoms with Gasteiger partial charge in [-0.15, -0.1) is 0 Å². The Hall–Kier alpha value is -3.48. The van der Waals surface area contributed by atoms with Crippen molar-refractivity contribution in [3.8, 4) is 0 Å². The number of fused-ring (bicyclic) bond motifs is 1. The van der Waals surface area contributed by atoms with Crippen LogP contribution in [0.25, 0.3) is 0 Å². The molecule has 0 saturated carbocycles. The number of hydrogen-bond donors (Lipinski definition) is 2. The van der Waals surface area contributed by atoms with Crippen molar-refractivity contribution in [3.05, 3.63) is 70.3 Å². The van der Waals surface area contributed by atoms with Gasteiger partial charge in [0.05, 0.1) is 22.3 Å². The molecular weight excluding hydrogens is 314 g/mol. The van der Waals surface area contributed by atoms with Crippen molar-refractivity contribution < 1.29 is 29.0 Å². The minimum atomic E-state index is -1.32. The summed E-state index contributed by atoms with van der Waals surface area (Å²) in [6, 6.07) is 11.1. The SMILES string of the molecule is O=C(O)c1cc(C(=O)NCc2ccccc2)c2c(c1)C(=O)OC2=O. The maximum absolute atomic E-state index is 12.4. The van der Waals surface area contributed by atoms with Crippen LogP contribution in [-0.2, 0) is 11.3 Å². The second-order valence-corrected chi connectivity index (χ2v) is 5.10. The minimum Gasteiger partial charge on any atom is -0.478 e. The first kappa shape index (κ1) is 15.4. The molecule has 1 amide bonds. The van der Waals surface area contributed by atoms with Crippen LogP contribution in [0.3, 0.4) is 0 Å². The number of carbonyl (C=O) groups is 4. The van der Waals surface area contributed by atoms with Gasteiger partial charge < -0.3 is 15.2 Å². The molecule has 0 aromatic heterocycles. The van der Waals surface area contributed by atoms with Gasteiger partial charge in [-0.3, -0.25) is 4.79 Å². The third-order valence-corrected chi connectivity index (χ3v) is 3.54. The highest BCUT2D eigenvalue weighted by Gasteiger charge is 2.35. The molecule has 0 fully saturated rings. The topological polar surface area (TPSA) is 110 Å². The molecule has 1 aliphatic heterocycles. The first-order chi connectivity index (χ1) is 11.5. The van der Waals surface area contributed by atoms with E-state index in [9.17, 15) is 19.2 Å². The number of rotatable bonds is 4. The van der Waals surface area contributed by atoms with Gasteiger partial charge in [-0.05, 0) is 17.7 Å². The first-order valence-corrected chi connectivity index (χ1v) is 6.97. The molecule has 0 aliphatic carbocycles. The van der Waals surface area contributed by atoms with Crippen LogP contribution in [0.1, 0.15) is 47.0 Å². The highest BCUT2D eigenvalue weighted by Crippen LogP contribution is 2.26. The quantitative estimate of drug-likeness (QED) is 0.653.